The Morgan fingerprint density at radius 3 is 2.33 bits per heavy atom. The van der Waals surface area contributed by atoms with Crippen LogP contribution in [0.5, 0.6) is 5.75 Å². The number of hydrogen-bond donors (Lipinski definition) is 2. The minimum absolute atomic E-state index is 0.00951. The van der Waals surface area contributed by atoms with Gasteiger partial charge in [0.25, 0.3) is 10.0 Å². The molecule has 3 aromatic carbocycles. The number of ether oxygens (including phenoxy) is 1. The number of halogens is 6. The van der Waals surface area contributed by atoms with Crippen molar-refractivity contribution in [2.24, 2.45) is 0 Å². The zero-order chi connectivity index (χ0) is 33.2. The fourth-order valence-electron chi connectivity index (χ4n) is 4.90. The highest BCUT2D eigenvalue weighted by Crippen LogP contribution is 2.41. The van der Waals surface area contributed by atoms with Crippen molar-refractivity contribution in [3.05, 3.63) is 72.0 Å². The Morgan fingerprint density at radius 1 is 1.00 bits per heavy atom. The SMILES string of the molecule is CN(CCN1CCN(S(=O)(=O)c2cccc(C(F)(F)F)c2)c2cc(-c3cc(F)cc(OC(F)F)c3)ccc21)C(C#N)(CO)CO. The Hall–Kier alpha value is -4.04. The molecule has 0 bridgehead atoms. The molecule has 0 amide bonds. The van der Waals surface area contributed by atoms with Crippen LogP contribution in [-0.2, 0) is 16.2 Å². The number of aliphatic hydroxyl groups is 2. The molecule has 0 aliphatic carbocycles. The fraction of sp³-hybridized carbons (Fsp3) is 0.345. The summed E-state index contributed by atoms with van der Waals surface area (Å²) in [6.45, 7) is -4.45. The molecule has 0 aromatic heterocycles. The lowest BCUT2D eigenvalue weighted by Crippen LogP contribution is -2.54. The van der Waals surface area contributed by atoms with Crippen molar-refractivity contribution in [3.63, 3.8) is 0 Å². The molecule has 4 rings (SSSR count). The average Bonchev–Trinajstić information content (AvgIpc) is 2.99. The van der Waals surface area contributed by atoms with E-state index in [9.17, 15) is 50.2 Å². The smallest absolute Gasteiger partial charge is 0.416 e. The largest absolute Gasteiger partial charge is 0.435 e. The van der Waals surface area contributed by atoms with Gasteiger partial charge in [0.1, 0.15) is 11.6 Å². The topological polar surface area (TPSA) is 117 Å². The van der Waals surface area contributed by atoms with E-state index in [1.165, 1.54) is 30.1 Å². The number of sulfonamides is 1. The Morgan fingerprint density at radius 2 is 1.71 bits per heavy atom. The molecule has 242 valence electrons. The standard InChI is InChI=1S/C29H28F6N4O5S/c1-37(28(16-36,17-40)18-41)7-8-38-9-10-39(45(42,43)24-4-2-3-21(14-24)29(33,34)35)26-13-19(5-6-25(26)38)20-11-22(30)15-23(12-20)44-27(31)32/h2-6,11-15,27,40-41H,7-10,17-18H2,1H3. The van der Waals surface area contributed by atoms with Crippen LogP contribution >= 0.6 is 0 Å². The summed E-state index contributed by atoms with van der Waals surface area (Å²) in [6.07, 6.45) is -4.81. The summed E-state index contributed by atoms with van der Waals surface area (Å²) < 4.78 is 113. The molecule has 0 atom stereocenters. The van der Waals surface area contributed by atoms with Gasteiger partial charge in [-0.2, -0.15) is 27.2 Å². The zero-order valence-electron chi connectivity index (χ0n) is 23.7. The molecule has 1 aliphatic heterocycles. The van der Waals surface area contributed by atoms with Gasteiger partial charge in [0.2, 0.25) is 0 Å². The molecule has 0 spiro atoms. The van der Waals surface area contributed by atoms with E-state index in [0.29, 0.717) is 11.8 Å². The number of aliphatic hydroxyl groups excluding tert-OH is 2. The normalized spacial score (nSPS) is 14.1. The number of rotatable bonds is 11. The molecule has 1 heterocycles. The third-order valence-corrected chi connectivity index (χ3v) is 9.31. The number of anilines is 2. The lowest BCUT2D eigenvalue weighted by molar-refractivity contribution is -0.137. The van der Waals surface area contributed by atoms with Crippen LogP contribution in [0.4, 0.5) is 37.7 Å². The monoisotopic (exact) mass is 658 g/mol. The van der Waals surface area contributed by atoms with Crippen molar-refractivity contribution in [2.45, 2.75) is 23.2 Å². The first kappa shape index (κ1) is 33.8. The summed E-state index contributed by atoms with van der Waals surface area (Å²) in [4.78, 5) is 2.55. The van der Waals surface area contributed by atoms with E-state index in [2.05, 4.69) is 4.74 Å². The Balaban J connectivity index is 1.79. The van der Waals surface area contributed by atoms with Crippen molar-refractivity contribution in [3.8, 4) is 22.9 Å². The van der Waals surface area contributed by atoms with Gasteiger partial charge < -0.3 is 19.8 Å². The quantitative estimate of drug-likeness (QED) is 0.293. The Labute approximate surface area is 255 Å². The van der Waals surface area contributed by atoms with E-state index in [-0.39, 0.29) is 43.0 Å². The van der Waals surface area contributed by atoms with Gasteiger partial charge in [-0.05, 0) is 60.6 Å². The Kier molecular flexibility index (Phi) is 9.88. The van der Waals surface area contributed by atoms with Gasteiger partial charge >= 0.3 is 12.8 Å². The van der Waals surface area contributed by atoms with Crippen molar-refractivity contribution in [1.82, 2.24) is 4.90 Å². The first-order valence-electron chi connectivity index (χ1n) is 13.3. The number of nitrogens with zero attached hydrogens (tertiary/aromatic N) is 4. The molecular formula is C29H28F6N4O5S. The molecule has 16 heteroatoms. The highest BCUT2D eigenvalue weighted by atomic mass is 32.2. The second-order valence-electron chi connectivity index (χ2n) is 10.2. The van der Waals surface area contributed by atoms with Gasteiger partial charge in [0.05, 0.1) is 47.7 Å². The molecular weight excluding hydrogens is 630 g/mol. The Bertz CT molecular complexity index is 1680. The van der Waals surface area contributed by atoms with Crippen LogP contribution in [0.1, 0.15) is 5.56 Å². The maximum absolute atomic E-state index is 14.4. The third kappa shape index (κ3) is 7.12. The van der Waals surface area contributed by atoms with E-state index >= 15 is 0 Å². The lowest BCUT2D eigenvalue weighted by Gasteiger charge is -2.40. The van der Waals surface area contributed by atoms with Crippen LogP contribution in [-0.4, -0.2) is 82.1 Å². The molecule has 0 radical (unpaired) electrons. The second kappa shape index (κ2) is 13.1. The van der Waals surface area contributed by atoms with Crippen LogP contribution in [0.2, 0.25) is 0 Å². The van der Waals surface area contributed by atoms with Gasteiger partial charge in [-0.1, -0.05) is 12.1 Å². The molecule has 45 heavy (non-hydrogen) atoms. The summed E-state index contributed by atoms with van der Waals surface area (Å²) in [7, 11) is -3.08. The summed E-state index contributed by atoms with van der Waals surface area (Å²) in [5, 5.41) is 28.9. The minimum Gasteiger partial charge on any atom is -0.435 e. The van der Waals surface area contributed by atoms with E-state index in [0.717, 1.165) is 40.7 Å². The lowest BCUT2D eigenvalue weighted by atomic mass is 10.0. The van der Waals surface area contributed by atoms with Gasteiger partial charge in [0, 0.05) is 25.7 Å². The highest BCUT2D eigenvalue weighted by molar-refractivity contribution is 7.92. The first-order chi connectivity index (χ1) is 21.1. The summed E-state index contributed by atoms with van der Waals surface area (Å²) in [6, 6.07) is 12.4. The van der Waals surface area contributed by atoms with Crippen LogP contribution in [0.25, 0.3) is 11.1 Å². The highest BCUT2D eigenvalue weighted by Gasteiger charge is 2.37. The average molecular weight is 659 g/mol. The molecule has 0 fully saturated rings. The maximum atomic E-state index is 14.4. The number of nitriles is 1. The second-order valence-corrected chi connectivity index (χ2v) is 12.1. The van der Waals surface area contributed by atoms with E-state index < -0.39 is 63.6 Å². The molecule has 3 aromatic rings. The molecule has 9 nitrogen and oxygen atoms in total. The number of hydrogen-bond acceptors (Lipinski definition) is 8. The maximum Gasteiger partial charge on any atom is 0.416 e. The third-order valence-electron chi connectivity index (χ3n) is 7.50. The van der Waals surface area contributed by atoms with E-state index in [1.807, 2.05) is 6.07 Å². The van der Waals surface area contributed by atoms with Gasteiger partial charge in [-0.3, -0.25) is 9.21 Å². The van der Waals surface area contributed by atoms with Crippen molar-refractivity contribution < 1.29 is 49.7 Å². The zero-order valence-corrected chi connectivity index (χ0v) is 24.5. The van der Waals surface area contributed by atoms with Crippen LogP contribution < -0.4 is 13.9 Å². The van der Waals surface area contributed by atoms with Crippen molar-refractivity contribution in [2.75, 3.05) is 55.6 Å². The van der Waals surface area contributed by atoms with Crippen LogP contribution in [0.15, 0.2) is 65.6 Å². The first-order valence-corrected chi connectivity index (χ1v) is 14.8. The van der Waals surface area contributed by atoms with Gasteiger partial charge in [0.15, 0.2) is 5.54 Å². The molecule has 2 N–H and O–H groups in total. The minimum atomic E-state index is -4.81. The van der Waals surface area contributed by atoms with Crippen LogP contribution in [0.3, 0.4) is 0 Å². The number of benzene rings is 3. The summed E-state index contributed by atoms with van der Waals surface area (Å²) >= 11 is 0. The number of fused-ring (bicyclic) bond motifs is 1. The molecule has 0 saturated heterocycles. The van der Waals surface area contributed by atoms with Crippen molar-refractivity contribution >= 4 is 21.4 Å². The summed E-state index contributed by atoms with van der Waals surface area (Å²) in [5.41, 5.74) is -2.18. The van der Waals surface area contributed by atoms with Gasteiger partial charge in [-0.15, -0.1) is 0 Å². The van der Waals surface area contributed by atoms with E-state index in [4.69, 9.17) is 0 Å². The fourth-order valence-corrected chi connectivity index (χ4v) is 6.41. The predicted octanol–water partition coefficient (Wildman–Crippen LogP) is 4.31. The van der Waals surface area contributed by atoms with Crippen molar-refractivity contribution in [1.29, 1.82) is 5.26 Å². The van der Waals surface area contributed by atoms with Gasteiger partial charge in [-0.25, -0.2) is 12.8 Å². The molecule has 1 aliphatic rings. The number of alkyl halides is 5. The number of likely N-dealkylation sites (N-methyl/N-ethyl adjacent to an activating group) is 1. The van der Waals surface area contributed by atoms with Crippen LogP contribution in [0, 0.1) is 17.1 Å². The molecule has 0 unspecified atom stereocenters. The molecule has 0 saturated carbocycles. The van der Waals surface area contributed by atoms with E-state index in [1.54, 1.807) is 4.90 Å². The predicted molar refractivity (Wildman–Crippen MR) is 152 cm³/mol. The summed E-state index contributed by atoms with van der Waals surface area (Å²) in [5.74, 6) is -1.39.